The maximum absolute atomic E-state index is 12.3. The van der Waals surface area contributed by atoms with Gasteiger partial charge in [-0.25, -0.2) is 0 Å². The van der Waals surface area contributed by atoms with Crippen molar-refractivity contribution in [1.82, 2.24) is 9.80 Å². The van der Waals surface area contributed by atoms with Gasteiger partial charge in [-0.3, -0.25) is 9.69 Å². The number of rotatable bonds is 1. The minimum Gasteiger partial charge on any atom is -0.338 e. The maximum Gasteiger partial charge on any atom is 0.240 e. The topological polar surface area (TPSA) is 23.6 Å². The molecule has 0 aromatic rings. The Hall–Kier alpha value is -0.570. The summed E-state index contributed by atoms with van der Waals surface area (Å²) in [7, 11) is 0. The molecule has 0 radical (unpaired) electrons. The van der Waals surface area contributed by atoms with Crippen molar-refractivity contribution in [2.24, 2.45) is 0 Å². The second kappa shape index (κ2) is 4.36. The number of likely N-dealkylation sites (tertiary alicyclic amines) is 1. The first-order valence-corrected chi connectivity index (χ1v) is 6.91. The van der Waals surface area contributed by atoms with Crippen molar-refractivity contribution in [3.05, 3.63) is 0 Å². The number of carbonyl (C=O) groups is 1. The molecule has 0 N–H and O–H groups in total. The van der Waals surface area contributed by atoms with E-state index >= 15 is 0 Å². The molecule has 3 aliphatic rings. The van der Waals surface area contributed by atoms with Gasteiger partial charge in [0.1, 0.15) is 0 Å². The van der Waals surface area contributed by atoms with Gasteiger partial charge < -0.3 is 4.90 Å². The molecule has 0 aromatic carbocycles. The van der Waals surface area contributed by atoms with Crippen LogP contribution in [-0.2, 0) is 4.79 Å². The summed E-state index contributed by atoms with van der Waals surface area (Å²) in [6.07, 6.45) is 8.82. The molecule has 3 rings (SSSR count). The Kier molecular flexibility index (Phi) is 2.88. The van der Waals surface area contributed by atoms with Crippen LogP contribution in [0.15, 0.2) is 0 Å². The van der Waals surface area contributed by atoms with Crippen molar-refractivity contribution in [2.75, 3.05) is 19.6 Å². The zero-order chi connectivity index (χ0) is 11.0. The van der Waals surface area contributed by atoms with Crippen molar-refractivity contribution in [3.8, 4) is 0 Å². The van der Waals surface area contributed by atoms with Crippen LogP contribution in [0.4, 0.5) is 0 Å². The molecular weight excluding hydrogens is 200 g/mol. The SMILES string of the molecule is O=C1C(N2CCCCC2)CC2CCCCN12. The van der Waals surface area contributed by atoms with Gasteiger partial charge in [-0.2, -0.15) is 0 Å². The summed E-state index contributed by atoms with van der Waals surface area (Å²) in [5.74, 6) is 0.437. The zero-order valence-electron chi connectivity index (χ0n) is 10.0. The lowest BCUT2D eigenvalue weighted by Gasteiger charge is -2.31. The standard InChI is InChI=1S/C13H22N2O/c16-13-12(14-7-3-1-4-8-14)10-11-6-2-5-9-15(11)13/h11-12H,1-10H2. The van der Waals surface area contributed by atoms with Crippen LogP contribution >= 0.6 is 0 Å². The third-order valence-electron chi connectivity index (χ3n) is 4.52. The highest BCUT2D eigenvalue weighted by molar-refractivity contribution is 5.84. The van der Waals surface area contributed by atoms with Gasteiger partial charge in [0.15, 0.2) is 0 Å². The van der Waals surface area contributed by atoms with Crippen molar-refractivity contribution in [1.29, 1.82) is 0 Å². The van der Waals surface area contributed by atoms with Gasteiger partial charge in [0.25, 0.3) is 0 Å². The molecule has 3 saturated heterocycles. The normalized spacial score (nSPS) is 36.5. The van der Waals surface area contributed by atoms with Crippen LogP contribution in [0.5, 0.6) is 0 Å². The van der Waals surface area contributed by atoms with E-state index in [2.05, 4.69) is 9.80 Å². The van der Waals surface area contributed by atoms with Crippen molar-refractivity contribution in [3.63, 3.8) is 0 Å². The molecule has 3 fully saturated rings. The van der Waals surface area contributed by atoms with Gasteiger partial charge in [-0.05, 0) is 51.6 Å². The van der Waals surface area contributed by atoms with Crippen LogP contribution in [0.25, 0.3) is 0 Å². The average molecular weight is 222 g/mol. The van der Waals surface area contributed by atoms with Crippen LogP contribution in [0.2, 0.25) is 0 Å². The van der Waals surface area contributed by atoms with E-state index in [9.17, 15) is 4.79 Å². The molecule has 2 atom stereocenters. The summed E-state index contributed by atoms with van der Waals surface area (Å²) >= 11 is 0. The van der Waals surface area contributed by atoms with Crippen LogP contribution in [-0.4, -0.2) is 47.4 Å². The Labute approximate surface area is 97.8 Å². The number of fused-ring (bicyclic) bond motifs is 1. The molecule has 16 heavy (non-hydrogen) atoms. The lowest BCUT2D eigenvalue weighted by Crippen LogP contribution is -2.45. The summed E-state index contributed by atoms with van der Waals surface area (Å²) < 4.78 is 0. The molecule has 0 bridgehead atoms. The monoisotopic (exact) mass is 222 g/mol. The highest BCUT2D eigenvalue weighted by atomic mass is 16.2. The van der Waals surface area contributed by atoms with Crippen LogP contribution < -0.4 is 0 Å². The summed E-state index contributed by atoms with van der Waals surface area (Å²) in [6.45, 7) is 3.32. The average Bonchev–Trinajstić information content (AvgIpc) is 2.69. The van der Waals surface area contributed by atoms with E-state index < -0.39 is 0 Å². The molecule has 0 aromatic heterocycles. The Morgan fingerprint density at radius 1 is 0.938 bits per heavy atom. The Bertz CT molecular complexity index is 273. The zero-order valence-corrected chi connectivity index (χ0v) is 10.0. The molecule has 0 saturated carbocycles. The second-order valence-electron chi connectivity index (χ2n) is 5.53. The Balaban J connectivity index is 1.69. The van der Waals surface area contributed by atoms with Gasteiger partial charge in [-0.1, -0.05) is 6.42 Å². The molecule has 0 spiro atoms. The van der Waals surface area contributed by atoms with Gasteiger partial charge in [0.05, 0.1) is 6.04 Å². The molecule has 2 unspecified atom stereocenters. The van der Waals surface area contributed by atoms with Crippen LogP contribution in [0, 0.1) is 0 Å². The first-order valence-electron chi connectivity index (χ1n) is 6.91. The first kappa shape index (κ1) is 10.6. The molecule has 90 valence electrons. The quantitative estimate of drug-likeness (QED) is 0.673. The highest BCUT2D eigenvalue weighted by Crippen LogP contribution is 2.31. The predicted molar refractivity (Wildman–Crippen MR) is 63.2 cm³/mol. The molecule has 3 heterocycles. The minimum absolute atomic E-state index is 0.239. The van der Waals surface area contributed by atoms with Crippen molar-refractivity contribution >= 4 is 5.91 Å². The Morgan fingerprint density at radius 3 is 2.44 bits per heavy atom. The fraction of sp³-hybridized carbons (Fsp3) is 0.923. The summed E-state index contributed by atoms with van der Waals surface area (Å²) in [5.41, 5.74) is 0. The van der Waals surface area contributed by atoms with E-state index in [4.69, 9.17) is 0 Å². The molecule has 1 amide bonds. The summed E-state index contributed by atoms with van der Waals surface area (Å²) in [5, 5.41) is 0. The molecule has 3 aliphatic heterocycles. The van der Waals surface area contributed by atoms with E-state index in [0.717, 1.165) is 26.1 Å². The summed E-state index contributed by atoms with van der Waals surface area (Å²) in [4.78, 5) is 16.9. The van der Waals surface area contributed by atoms with E-state index in [0.29, 0.717) is 11.9 Å². The van der Waals surface area contributed by atoms with Gasteiger partial charge in [0, 0.05) is 12.6 Å². The minimum atomic E-state index is 0.239. The van der Waals surface area contributed by atoms with Gasteiger partial charge >= 0.3 is 0 Å². The van der Waals surface area contributed by atoms with Gasteiger partial charge in [-0.15, -0.1) is 0 Å². The van der Waals surface area contributed by atoms with Gasteiger partial charge in [0.2, 0.25) is 5.91 Å². The maximum atomic E-state index is 12.3. The smallest absolute Gasteiger partial charge is 0.240 e. The largest absolute Gasteiger partial charge is 0.338 e. The fourth-order valence-corrected chi connectivity index (χ4v) is 3.62. The van der Waals surface area contributed by atoms with Crippen LogP contribution in [0.3, 0.4) is 0 Å². The van der Waals surface area contributed by atoms with E-state index in [1.54, 1.807) is 0 Å². The molecule has 0 aliphatic carbocycles. The fourth-order valence-electron chi connectivity index (χ4n) is 3.62. The number of piperidine rings is 2. The highest BCUT2D eigenvalue weighted by Gasteiger charge is 2.43. The number of hydrogen-bond acceptors (Lipinski definition) is 2. The lowest BCUT2D eigenvalue weighted by atomic mass is 10.0. The van der Waals surface area contributed by atoms with E-state index in [-0.39, 0.29) is 6.04 Å². The third kappa shape index (κ3) is 1.75. The second-order valence-corrected chi connectivity index (χ2v) is 5.53. The van der Waals surface area contributed by atoms with Crippen molar-refractivity contribution < 1.29 is 4.79 Å². The predicted octanol–water partition coefficient (Wildman–Crippen LogP) is 1.63. The van der Waals surface area contributed by atoms with Crippen molar-refractivity contribution in [2.45, 2.75) is 57.0 Å². The number of nitrogens with zero attached hydrogens (tertiary/aromatic N) is 2. The van der Waals surface area contributed by atoms with Crippen LogP contribution in [0.1, 0.15) is 44.9 Å². The molecule has 3 heteroatoms. The molecular formula is C13H22N2O. The first-order chi connectivity index (χ1) is 7.86. The number of hydrogen-bond donors (Lipinski definition) is 0. The third-order valence-corrected chi connectivity index (χ3v) is 4.52. The lowest BCUT2D eigenvalue weighted by molar-refractivity contribution is -0.134. The Morgan fingerprint density at radius 2 is 1.69 bits per heavy atom. The van der Waals surface area contributed by atoms with E-state index in [1.165, 1.54) is 38.5 Å². The number of carbonyl (C=O) groups excluding carboxylic acids is 1. The number of amides is 1. The summed E-state index contributed by atoms with van der Waals surface area (Å²) in [6, 6.07) is 0.816. The molecule has 3 nitrogen and oxygen atoms in total. The van der Waals surface area contributed by atoms with E-state index in [1.807, 2.05) is 0 Å².